The number of aromatic nitrogens is 1. The largest absolute Gasteiger partial charge is 0.311 e. The number of benzene rings is 11. The van der Waals surface area contributed by atoms with E-state index in [1.54, 1.807) is 0 Å². The number of anilines is 12. The molecule has 0 amide bonds. The third kappa shape index (κ3) is 5.08. The van der Waals surface area contributed by atoms with Crippen LogP contribution in [0, 0.1) is 0 Å². The van der Waals surface area contributed by atoms with Crippen LogP contribution in [0.1, 0.15) is 0 Å². The van der Waals surface area contributed by atoms with Crippen molar-refractivity contribution in [2.75, 3.05) is 19.6 Å². The van der Waals surface area contributed by atoms with Gasteiger partial charge in [0.05, 0.1) is 27.9 Å². The van der Waals surface area contributed by atoms with E-state index in [-0.39, 0.29) is 13.4 Å². The van der Waals surface area contributed by atoms with Gasteiger partial charge in [0, 0.05) is 78.4 Å². The highest BCUT2D eigenvalue weighted by Crippen LogP contribution is 2.53. The van der Waals surface area contributed by atoms with Crippen molar-refractivity contribution in [2.45, 2.75) is 0 Å². The van der Waals surface area contributed by atoms with Crippen LogP contribution in [0.4, 0.5) is 68.2 Å². The number of para-hydroxylation sites is 7. The zero-order valence-corrected chi connectivity index (χ0v) is 39.6. The summed E-state index contributed by atoms with van der Waals surface area (Å²) in [6.45, 7) is -0.0381. The maximum Gasteiger partial charge on any atom is 0.252 e. The Labute approximate surface area is 423 Å². The van der Waals surface area contributed by atoms with E-state index >= 15 is 0 Å². The monoisotopic (exact) mass is 925 g/mol. The molecule has 336 valence electrons. The average Bonchev–Trinajstić information content (AvgIpc) is 4.04. The van der Waals surface area contributed by atoms with Crippen LogP contribution in [0.5, 0.6) is 0 Å². The number of hydrogen-bond donors (Lipinski definition) is 0. The van der Waals surface area contributed by atoms with Gasteiger partial charge in [0.1, 0.15) is 0 Å². The summed E-state index contributed by atoms with van der Waals surface area (Å²) in [5.74, 6) is 0. The van der Waals surface area contributed by atoms with Crippen LogP contribution in [-0.4, -0.2) is 17.8 Å². The predicted molar refractivity (Wildman–Crippen MR) is 309 cm³/mol. The summed E-state index contributed by atoms with van der Waals surface area (Å²) >= 11 is 0. The first-order valence-electron chi connectivity index (χ1n) is 25.4. The molecule has 17 rings (SSSR count). The maximum absolute atomic E-state index is 2.64. The first kappa shape index (κ1) is 39.3. The molecule has 13 aromatic rings. The fourth-order valence-electron chi connectivity index (χ4n) is 13.8. The quantitative estimate of drug-likeness (QED) is 0.164. The summed E-state index contributed by atoms with van der Waals surface area (Å²) < 4.78 is 2.64. The standard InChI is InChI=1S/C66H41B2N5/c1-5-21-42(22-6-1)69-54-33-17-14-30-49(54)67-51-40-39-46-48-41-52-65(60-47-29-13-16-32-53(47)73(63(48)60)64(46)66(51)72(45-27-11-4-12-28-45)59-38-20-35-56(69)61(59)67)71(44-25-9-3-10-26-44)58-37-19-36-57-62(58)68(52)50-31-15-18-34-55(50)70(57)43-23-7-2-8-24-43/h1-41H. The lowest BCUT2D eigenvalue weighted by Crippen LogP contribution is -2.61. The number of nitrogens with zero attached hydrogens (tertiary/aromatic N) is 5. The molecule has 0 atom stereocenters. The smallest absolute Gasteiger partial charge is 0.252 e. The molecule has 2 aromatic heterocycles. The van der Waals surface area contributed by atoms with E-state index in [2.05, 4.69) is 273 Å². The SMILES string of the molecule is c1ccc(N2c3ccccc3B3c4cc5c6ccc7c(c6n6c8ccccc8c(c4N(c4ccccc4)c4cccc2c43)c56)N(c2ccccc2)c2cccc3c2B7c2ccccc2N3c2ccccc2)cc1. The molecular weight excluding hydrogens is 884 g/mol. The van der Waals surface area contributed by atoms with Crippen molar-refractivity contribution in [1.82, 2.24) is 4.40 Å². The van der Waals surface area contributed by atoms with E-state index < -0.39 is 0 Å². The summed E-state index contributed by atoms with van der Waals surface area (Å²) in [5.41, 5.74) is 25.9. The van der Waals surface area contributed by atoms with E-state index in [4.69, 9.17) is 0 Å². The van der Waals surface area contributed by atoms with Crippen molar-refractivity contribution >= 4 is 153 Å². The van der Waals surface area contributed by atoms with Crippen LogP contribution in [0.15, 0.2) is 249 Å². The van der Waals surface area contributed by atoms with E-state index in [1.165, 1.54) is 116 Å². The zero-order chi connectivity index (χ0) is 47.5. The Morgan fingerprint density at radius 1 is 0.260 bits per heavy atom. The molecule has 0 aliphatic carbocycles. The minimum Gasteiger partial charge on any atom is -0.311 e. The molecule has 6 heterocycles. The van der Waals surface area contributed by atoms with Gasteiger partial charge in [0.2, 0.25) is 0 Å². The summed E-state index contributed by atoms with van der Waals surface area (Å²) in [4.78, 5) is 10.1. The highest BCUT2D eigenvalue weighted by atomic mass is 15.2. The highest BCUT2D eigenvalue weighted by molar-refractivity contribution is 7.01. The van der Waals surface area contributed by atoms with E-state index in [0.29, 0.717) is 0 Å². The minimum atomic E-state index is -0.0285. The first-order chi connectivity index (χ1) is 36.3. The predicted octanol–water partition coefficient (Wildman–Crippen LogP) is 13.0. The minimum absolute atomic E-state index is 0.00958. The molecule has 11 aromatic carbocycles. The van der Waals surface area contributed by atoms with Gasteiger partial charge in [0.15, 0.2) is 0 Å². The van der Waals surface area contributed by atoms with Crippen LogP contribution in [-0.2, 0) is 0 Å². The summed E-state index contributed by atoms with van der Waals surface area (Å²) in [5, 5.41) is 5.05. The molecule has 0 fully saturated rings. The molecule has 0 N–H and O–H groups in total. The second-order valence-electron chi connectivity index (χ2n) is 19.9. The van der Waals surface area contributed by atoms with E-state index in [9.17, 15) is 0 Å². The molecule has 0 radical (unpaired) electrons. The second-order valence-corrected chi connectivity index (χ2v) is 19.9. The molecule has 0 unspecified atom stereocenters. The average molecular weight is 926 g/mol. The normalized spacial score (nSPS) is 13.9. The van der Waals surface area contributed by atoms with Gasteiger partial charge in [-0.3, -0.25) is 0 Å². The molecular formula is C66H41B2N5. The first-order valence-corrected chi connectivity index (χ1v) is 25.4. The molecule has 73 heavy (non-hydrogen) atoms. The summed E-state index contributed by atoms with van der Waals surface area (Å²) in [6.07, 6.45) is 0. The fraction of sp³-hybridized carbons (Fsp3) is 0. The van der Waals surface area contributed by atoms with Crippen molar-refractivity contribution in [3.8, 4) is 0 Å². The lowest BCUT2D eigenvalue weighted by molar-refractivity contribution is 1.25. The molecule has 0 spiro atoms. The fourth-order valence-corrected chi connectivity index (χ4v) is 13.8. The molecule has 0 saturated heterocycles. The van der Waals surface area contributed by atoms with Gasteiger partial charge >= 0.3 is 0 Å². The van der Waals surface area contributed by atoms with Gasteiger partial charge < -0.3 is 24.0 Å². The molecule has 5 nitrogen and oxygen atoms in total. The number of hydrogen-bond acceptors (Lipinski definition) is 4. The molecule has 4 aliphatic heterocycles. The third-order valence-electron chi connectivity index (χ3n) is 16.4. The Balaban J connectivity index is 1.02. The van der Waals surface area contributed by atoms with Gasteiger partial charge in [0.25, 0.3) is 13.4 Å². The lowest BCUT2D eigenvalue weighted by Gasteiger charge is -2.44. The molecule has 0 bridgehead atoms. The summed E-state index contributed by atoms with van der Waals surface area (Å²) in [7, 11) is 0. The second kappa shape index (κ2) is 14.6. The van der Waals surface area contributed by atoms with Crippen molar-refractivity contribution < 1.29 is 0 Å². The van der Waals surface area contributed by atoms with Crippen LogP contribution >= 0.6 is 0 Å². The molecule has 0 saturated carbocycles. The maximum atomic E-state index is 2.64. The van der Waals surface area contributed by atoms with Crippen molar-refractivity contribution in [1.29, 1.82) is 0 Å². The van der Waals surface area contributed by atoms with Crippen LogP contribution in [0.3, 0.4) is 0 Å². The highest BCUT2D eigenvalue weighted by Gasteiger charge is 2.47. The molecule has 7 heteroatoms. The van der Waals surface area contributed by atoms with Crippen LogP contribution in [0.2, 0.25) is 0 Å². The Kier molecular flexibility index (Phi) is 7.84. The Morgan fingerprint density at radius 3 is 1.23 bits per heavy atom. The van der Waals surface area contributed by atoms with Gasteiger partial charge in [-0.1, -0.05) is 158 Å². The van der Waals surface area contributed by atoms with Gasteiger partial charge in [-0.25, -0.2) is 0 Å². The van der Waals surface area contributed by atoms with Crippen molar-refractivity contribution in [3.63, 3.8) is 0 Å². The Hall–Kier alpha value is -9.45. The Bertz CT molecular complexity index is 4430. The number of rotatable bonds is 4. The van der Waals surface area contributed by atoms with Crippen molar-refractivity contribution in [2.24, 2.45) is 0 Å². The van der Waals surface area contributed by atoms with Crippen LogP contribution < -0.4 is 52.4 Å². The van der Waals surface area contributed by atoms with E-state index in [1.807, 2.05) is 0 Å². The van der Waals surface area contributed by atoms with Gasteiger partial charge in [-0.2, -0.15) is 0 Å². The Morgan fingerprint density at radius 2 is 0.685 bits per heavy atom. The van der Waals surface area contributed by atoms with Crippen molar-refractivity contribution in [3.05, 3.63) is 249 Å². The van der Waals surface area contributed by atoms with E-state index in [0.717, 1.165) is 22.7 Å². The summed E-state index contributed by atoms with van der Waals surface area (Å²) in [6, 6.07) is 92.7. The zero-order valence-electron chi connectivity index (χ0n) is 39.6. The third-order valence-corrected chi connectivity index (χ3v) is 16.4. The van der Waals surface area contributed by atoms with Crippen LogP contribution in [0.25, 0.3) is 38.1 Å². The topological polar surface area (TPSA) is 17.4 Å². The molecule has 4 aliphatic rings. The number of fused-ring (bicyclic) bond motifs is 16. The lowest BCUT2D eigenvalue weighted by atomic mass is 9.33. The van der Waals surface area contributed by atoms with Gasteiger partial charge in [-0.15, -0.1) is 0 Å². The van der Waals surface area contributed by atoms with Gasteiger partial charge in [-0.05, 0) is 124 Å².